The lowest BCUT2D eigenvalue weighted by atomic mass is 9.82. The van der Waals surface area contributed by atoms with Crippen LogP contribution in [0.25, 0.3) is 5.57 Å². The Morgan fingerprint density at radius 2 is 1.50 bits per heavy atom. The Kier molecular flexibility index (Phi) is 6.05. The summed E-state index contributed by atoms with van der Waals surface area (Å²) in [7, 11) is 0.711. The molecule has 0 radical (unpaired) electrons. The molecule has 0 saturated carbocycles. The van der Waals surface area contributed by atoms with Crippen molar-refractivity contribution < 1.29 is 4.74 Å². The van der Waals surface area contributed by atoms with Crippen molar-refractivity contribution in [3.63, 3.8) is 0 Å². The predicted molar refractivity (Wildman–Crippen MR) is 132 cm³/mol. The summed E-state index contributed by atoms with van der Waals surface area (Å²) < 4.78 is 6.21. The van der Waals surface area contributed by atoms with E-state index in [2.05, 4.69) is 105 Å². The summed E-state index contributed by atoms with van der Waals surface area (Å²) in [6.07, 6.45) is 7.57. The van der Waals surface area contributed by atoms with Gasteiger partial charge < -0.3 is 4.74 Å². The van der Waals surface area contributed by atoms with Gasteiger partial charge in [-0.2, -0.15) is 0 Å². The quantitative estimate of drug-likeness (QED) is 0.346. The number of aryl methyl sites for hydroxylation is 1. The van der Waals surface area contributed by atoms with E-state index in [1.807, 2.05) is 7.11 Å². The highest BCUT2D eigenvalue weighted by atomic mass is 28.3. The summed E-state index contributed by atoms with van der Waals surface area (Å²) >= 11 is 0. The molecule has 1 aliphatic rings. The van der Waals surface area contributed by atoms with Gasteiger partial charge in [-0.3, -0.25) is 0 Å². The Balaban J connectivity index is 2.07. The topological polar surface area (TPSA) is 9.23 Å². The summed E-state index contributed by atoms with van der Waals surface area (Å²) in [5.41, 5.74) is 7.96. The van der Waals surface area contributed by atoms with Crippen LogP contribution < -0.4 is 9.92 Å². The van der Waals surface area contributed by atoms with E-state index < -0.39 is 8.80 Å². The summed E-state index contributed by atoms with van der Waals surface area (Å²) in [4.78, 5) is 0. The fourth-order valence-electron chi connectivity index (χ4n) is 4.81. The maximum Gasteiger partial charge on any atom is 0.130 e. The molecule has 0 N–H and O–H groups in total. The predicted octanol–water partition coefficient (Wildman–Crippen LogP) is 6.22. The van der Waals surface area contributed by atoms with Crippen LogP contribution in [0.4, 0.5) is 0 Å². The fraction of sp³-hybridized carbons (Fsp3) is 0.214. The number of ether oxygens (including phenoxy) is 1. The molecule has 0 spiro atoms. The van der Waals surface area contributed by atoms with Gasteiger partial charge in [0.15, 0.2) is 0 Å². The van der Waals surface area contributed by atoms with Crippen LogP contribution in [0.15, 0.2) is 85.0 Å². The van der Waals surface area contributed by atoms with E-state index in [1.165, 1.54) is 38.6 Å². The third kappa shape index (κ3) is 3.80. The first kappa shape index (κ1) is 20.4. The number of benzene rings is 3. The van der Waals surface area contributed by atoms with Crippen molar-refractivity contribution in [3.8, 4) is 5.75 Å². The van der Waals surface area contributed by atoms with Crippen LogP contribution in [0.1, 0.15) is 40.2 Å². The molecule has 0 unspecified atom stereocenters. The number of hydrogen-bond acceptors (Lipinski definition) is 1. The van der Waals surface area contributed by atoms with Gasteiger partial charge in [-0.1, -0.05) is 103 Å². The van der Waals surface area contributed by atoms with Crippen molar-refractivity contribution in [1.82, 2.24) is 0 Å². The first-order valence-corrected chi connectivity index (χ1v) is 13.7. The van der Waals surface area contributed by atoms with Gasteiger partial charge in [-0.15, -0.1) is 0 Å². The minimum absolute atomic E-state index is 0.154. The highest BCUT2D eigenvalue weighted by Crippen LogP contribution is 2.42. The van der Waals surface area contributed by atoms with E-state index in [0.29, 0.717) is 0 Å². The highest BCUT2D eigenvalue weighted by molar-refractivity contribution is 6.71. The third-order valence-electron chi connectivity index (χ3n) is 6.02. The smallest absolute Gasteiger partial charge is 0.130 e. The standard InChI is InChI=1S/C28H30OSi/c1-20-19-24(21-13-11-12-14-21)27(29-2)26(28(20)30(3)4)25(22-15-7-5-8-16-22)23-17-9-6-10-18-23/h5-13,15-19,25,30H,14H2,1-4H3. The first-order valence-electron chi connectivity index (χ1n) is 10.8. The van der Waals surface area contributed by atoms with Crippen LogP contribution in [0.5, 0.6) is 5.75 Å². The van der Waals surface area contributed by atoms with E-state index in [1.54, 1.807) is 0 Å². The molecule has 3 aromatic carbocycles. The third-order valence-corrected chi connectivity index (χ3v) is 7.94. The molecule has 4 rings (SSSR count). The normalized spacial score (nSPS) is 13.2. The van der Waals surface area contributed by atoms with Crippen molar-refractivity contribution in [2.45, 2.75) is 32.4 Å². The largest absolute Gasteiger partial charge is 0.496 e. The average Bonchev–Trinajstić information content (AvgIpc) is 3.30. The summed E-state index contributed by atoms with van der Waals surface area (Å²) in [5, 5.41) is 1.53. The minimum Gasteiger partial charge on any atom is -0.496 e. The number of allylic oxidation sites excluding steroid dienone is 4. The van der Waals surface area contributed by atoms with E-state index >= 15 is 0 Å². The van der Waals surface area contributed by atoms with E-state index in [9.17, 15) is 0 Å². The van der Waals surface area contributed by atoms with Gasteiger partial charge in [0.1, 0.15) is 5.75 Å². The van der Waals surface area contributed by atoms with Crippen molar-refractivity contribution in [3.05, 3.63) is 113 Å². The molecule has 152 valence electrons. The second-order valence-corrected chi connectivity index (χ2v) is 11.2. The number of rotatable bonds is 6. The van der Waals surface area contributed by atoms with Gasteiger partial charge in [0.05, 0.1) is 15.9 Å². The monoisotopic (exact) mass is 410 g/mol. The molecule has 0 aliphatic heterocycles. The first-order chi connectivity index (χ1) is 14.6. The summed E-state index contributed by atoms with van der Waals surface area (Å²) in [6.45, 7) is 7.13. The van der Waals surface area contributed by atoms with Crippen LogP contribution in [0.3, 0.4) is 0 Å². The molecule has 0 fully saturated rings. The zero-order chi connectivity index (χ0) is 21.1. The molecular weight excluding hydrogens is 380 g/mol. The molecule has 0 bridgehead atoms. The SMILES string of the molecule is COc1c(C2=CC=CC2)cc(C)c([SiH](C)C)c1C(c1ccccc1)c1ccccc1. The number of hydrogen-bond donors (Lipinski definition) is 0. The lowest BCUT2D eigenvalue weighted by Crippen LogP contribution is -2.32. The Labute approximate surface area is 182 Å². The molecule has 1 nitrogen and oxygen atoms in total. The second-order valence-electron chi connectivity index (χ2n) is 8.33. The lowest BCUT2D eigenvalue weighted by Gasteiger charge is -2.29. The Morgan fingerprint density at radius 1 is 0.900 bits per heavy atom. The number of methoxy groups -OCH3 is 1. The van der Waals surface area contributed by atoms with Gasteiger partial charge in [-0.25, -0.2) is 0 Å². The van der Waals surface area contributed by atoms with E-state index in [4.69, 9.17) is 4.74 Å². The van der Waals surface area contributed by atoms with Crippen LogP contribution in [0.2, 0.25) is 13.1 Å². The highest BCUT2D eigenvalue weighted by Gasteiger charge is 2.29. The molecular formula is C28H30OSi. The minimum atomic E-state index is -1.12. The summed E-state index contributed by atoms with van der Waals surface area (Å²) in [6, 6.07) is 24.1. The van der Waals surface area contributed by atoms with Crippen molar-refractivity contribution in [1.29, 1.82) is 0 Å². The van der Waals surface area contributed by atoms with Gasteiger partial charge in [0.25, 0.3) is 0 Å². The molecule has 0 heterocycles. The lowest BCUT2D eigenvalue weighted by molar-refractivity contribution is 0.408. The van der Waals surface area contributed by atoms with Gasteiger partial charge >= 0.3 is 0 Å². The molecule has 0 aromatic heterocycles. The van der Waals surface area contributed by atoms with E-state index in [-0.39, 0.29) is 5.92 Å². The second kappa shape index (κ2) is 8.89. The Morgan fingerprint density at radius 3 is 1.97 bits per heavy atom. The van der Waals surface area contributed by atoms with Crippen LogP contribution in [-0.2, 0) is 0 Å². The van der Waals surface area contributed by atoms with Crippen molar-refractivity contribution in [2.75, 3.05) is 7.11 Å². The van der Waals surface area contributed by atoms with Gasteiger partial charge in [0, 0.05) is 17.0 Å². The van der Waals surface area contributed by atoms with Crippen LogP contribution in [0, 0.1) is 6.92 Å². The van der Waals surface area contributed by atoms with Crippen LogP contribution >= 0.6 is 0 Å². The maximum absolute atomic E-state index is 6.21. The van der Waals surface area contributed by atoms with Gasteiger partial charge in [-0.05, 0) is 36.1 Å². The molecule has 0 saturated heterocycles. The molecule has 3 aromatic rings. The molecule has 2 heteroatoms. The zero-order valence-corrected chi connectivity index (χ0v) is 19.5. The summed E-state index contributed by atoms with van der Waals surface area (Å²) in [5.74, 6) is 1.20. The van der Waals surface area contributed by atoms with Crippen molar-refractivity contribution in [2.24, 2.45) is 0 Å². The Hall–Kier alpha value is -2.84. The van der Waals surface area contributed by atoms with Crippen LogP contribution in [-0.4, -0.2) is 15.9 Å². The van der Waals surface area contributed by atoms with Crippen molar-refractivity contribution >= 4 is 19.6 Å². The molecule has 30 heavy (non-hydrogen) atoms. The zero-order valence-electron chi connectivity index (χ0n) is 18.4. The van der Waals surface area contributed by atoms with Gasteiger partial charge in [0.2, 0.25) is 0 Å². The fourth-order valence-corrected chi connectivity index (χ4v) is 6.73. The molecule has 0 amide bonds. The molecule has 0 atom stereocenters. The average molecular weight is 411 g/mol. The molecule has 1 aliphatic carbocycles. The Bertz CT molecular complexity index is 1040. The maximum atomic E-state index is 6.21. The van der Waals surface area contributed by atoms with E-state index in [0.717, 1.165) is 12.2 Å².